The van der Waals surface area contributed by atoms with Crippen LogP contribution in [0.5, 0.6) is 0 Å². The molecule has 2 aliphatic rings. The van der Waals surface area contributed by atoms with Gasteiger partial charge in [0, 0.05) is 25.7 Å². The van der Waals surface area contributed by atoms with E-state index in [1.165, 1.54) is 18.5 Å². The van der Waals surface area contributed by atoms with E-state index in [-0.39, 0.29) is 24.1 Å². The number of carbonyl (C=O) groups is 2. The summed E-state index contributed by atoms with van der Waals surface area (Å²) >= 11 is 0. The Bertz CT molecular complexity index is 1450. The second-order valence-electron chi connectivity index (χ2n) is 12.6. The Kier molecular flexibility index (Phi) is 9.94. The fourth-order valence-electron chi connectivity index (χ4n) is 5.45. The summed E-state index contributed by atoms with van der Waals surface area (Å²) in [7, 11) is 0. The lowest BCUT2D eigenvalue weighted by Crippen LogP contribution is -2.44. The molecule has 4 heterocycles. The molecule has 0 bridgehead atoms. The summed E-state index contributed by atoms with van der Waals surface area (Å²) < 4.78 is 27.6. The number of fused-ring (bicyclic) bond motifs is 1. The Morgan fingerprint density at radius 1 is 1.14 bits per heavy atom. The van der Waals surface area contributed by atoms with Gasteiger partial charge in [0.05, 0.1) is 23.1 Å². The first-order valence-electron chi connectivity index (χ1n) is 15.4. The van der Waals surface area contributed by atoms with Gasteiger partial charge in [-0.2, -0.15) is 0 Å². The van der Waals surface area contributed by atoms with Crippen molar-refractivity contribution in [2.75, 3.05) is 48.8 Å². The average molecular weight is 611 g/mol. The number of benzene rings is 1. The molecular formula is C31H43FN8O4. The molecule has 12 nitrogen and oxygen atoms in total. The van der Waals surface area contributed by atoms with Crippen LogP contribution in [0.2, 0.25) is 0 Å². The van der Waals surface area contributed by atoms with E-state index in [0.29, 0.717) is 54.7 Å². The predicted molar refractivity (Wildman–Crippen MR) is 166 cm³/mol. The fraction of sp³-hybridized carbons (Fsp3) is 0.581. The van der Waals surface area contributed by atoms with E-state index in [1.54, 1.807) is 19.3 Å². The van der Waals surface area contributed by atoms with Crippen LogP contribution in [0.3, 0.4) is 0 Å². The van der Waals surface area contributed by atoms with Gasteiger partial charge in [-0.1, -0.05) is 0 Å². The van der Waals surface area contributed by atoms with Gasteiger partial charge >= 0.3 is 5.97 Å². The Labute approximate surface area is 257 Å². The molecule has 1 amide bonds. The summed E-state index contributed by atoms with van der Waals surface area (Å²) in [6.07, 6.45) is 7.86. The van der Waals surface area contributed by atoms with Crippen molar-refractivity contribution in [3.05, 3.63) is 36.7 Å². The molecule has 0 aliphatic carbocycles. The van der Waals surface area contributed by atoms with E-state index >= 15 is 0 Å². The number of esters is 1. The molecule has 0 saturated carbocycles. The number of anilines is 3. The van der Waals surface area contributed by atoms with Crippen LogP contribution in [0.4, 0.5) is 21.6 Å². The summed E-state index contributed by atoms with van der Waals surface area (Å²) in [6, 6.07) is 3.63. The van der Waals surface area contributed by atoms with Gasteiger partial charge in [-0.3, -0.25) is 19.1 Å². The van der Waals surface area contributed by atoms with Crippen LogP contribution in [0, 0.1) is 11.2 Å². The van der Waals surface area contributed by atoms with E-state index in [0.717, 1.165) is 38.6 Å². The molecular weight excluding hydrogens is 567 g/mol. The van der Waals surface area contributed by atoms with Crippen molar-refractivity contribution in [3.63, 3.8) is 0 Å². The van der Waals surface area contributed by atoms with Gasteiger partial charge in [-0.25, -0.2) is 19.3 Å². The third kappa shape index (κ3) is 7.81. The van der Waals surface area contributed by atoms with Crippen LogP contribution in [0.25, 0.3) is 11.2 Å². The normalized spacial score (nSPS) is 20.2. The maximum Gasteiger partial charge on any atom is 0.311 e. The molecule has 2 aromatic heterocycles. The van der Waals surface area contributed by atoms with E-state index in [4.69, 9.17) is 9.47 Å². The van der Waals surface area contributed by atoms with Crippen LogP contribution in [-0.2, 0) is 19.1 Å². The second kappa shape index (κ2) is 13.9. The quantitative estimate of drug-likeness (QED) is 0.280. The van der Waals surface area contributed by atoms with Gasteiger partial charge in [0.15, 0.2) is 17.0 Å². The summed E-state index contributed by atoms with van der Waals surface area (Å²) in [5, 5.41) is 9.52. The molecule has 238 valence electrons. The van der Waals surface area contributed by atoms with Gasteiger partial charge in [0.25, 0.3) is 0 Å². The maximum atomic E-state index is 14.3. The Hall–Kier alpha value is -3.84. The topological polar surface area (TPSA) is 136 Å². The number of nitrogens with zero attached hydrogens (tertiary/aromatic N) is 5. The minimum absolute atomic E-state index is 0.0348. The number of nitrogens with one attached hydrogen (secondary N) is 3. The number of rotatable bonds is 10. The Morgan fingerprint density at radius 3 is 2.75 bits per heavy atom. The number of piperidine rings is 1. The lowest BCUT2D eigenvalue weighted by Gasteiger charge is -2.34. The maximum absolute atomic E-state index is 14.3. The minimum atomic E-state index is -0.678. The number of carbonyl (C=O) groups excluding carboxylic acids is 2. The number of aromatic nitrogens is 4. The van der Waals surface area contributed by atoms with Crippen LogP contribution in [0.1, 0.15) is 66.0 Å². The molecule has 1 unspecified atom stereocenters. The monoisotopic (exact) mass is 610 g/mol. The van der Waals surface area contributed by atoms with Gasteiger partial charge < -0.3 is 25.4 Å². The average Bonchev–Trinajstić information content (AvgIpc) is 3.44. The highest BCUT2D eigenvalue weighted by molar-refractivity contribution is 5.99. The zero-order valence-electron chi connectivity index (χ0n) is 25.9. The number of ether oxygens (including phenoxy) is 2. The van der Waals surface area contributed by atoms with E-state index in [1.807, 2.05) is 25.3 Å². The number of imidazole rings is 1. The smallest absolute Gasteiger partial charge is 0.311 e. The first-order chi connectivity index (χ1) is 21.1. The van der Waals surface area contributed by atoms with Crippen molar-refractivity contribution >= 4 is 40.2 Å². The minimum Gasteiger partial charge on any atom is -0.464 e. The molecule has 3 atom stereocenters. The van der Waals surface area contributed by atoms with Gasteiger partial charge in [0.1, 0.15) is 31.0 Å². The molecule has 0 radical (unpaired) electrons. The standard InChI is InChI=1S/C31H43FN8O4/c1-20(36-27-26-28(34-18-33-27)40(19-35-26)25-9-5-6-14-43-25)29(41)38-23-11-10-21(32)16-24(23)37-22-8-7-12-39(17-22)13-15-44-30(42)31(2,3)4/h10-11,16,18-20,22,25,37H,5-9,12-15,17H2,1-4H3,(H,38,41)(H,33,34,36)/t20-,22?,25+/m1/s1. The van der Waals surface area contributed by atoms with Crippen LogP contribution < -0.4 is 16.0 Å². The summed E-state index contributed by atoms with van der Waals surface area (Å²) in [6.45, 7) is 10.5. The third-order valence-electron chi connectivity index (χ3n) is 7.93. The van der Waals surface area contributed by atoms with Gasteiger partial charge in [0.2, 0.25) is 5.91 Å². The predicted octanol–water partition coefficient (Wildman–Crippen LogP) is 4.57. The zero-order valence-corrected chi connectivity index (χ0v) is 25.9. The second-order valence-corrected chi connectivity index (χ2v) is 12.6. The Balaban J connectivity index is 1.20. The molecule has 2 aliphatic heterocycles. The first-order valence-corrected chi connectivity index (χ1v) is 15.4. The molecule has 44 heavy (non-hydrogen) atoms. The zero-order chi connectivity index (χ0) is 31.3. The summed E-state index contributed by atoms with van der Waals surface area (Å²) in [5.41, 5.74) is 1.65. The van der Waals surface area contributed by atoms with Crippen molar-refractivity contribution in [1.82, 2.24) is 24.4 Å². The number of likely N-dealkylation sites (tertiary alicyclic amines) is 1. The highest BCUT2D eigenvalue weighted by Gasteiger charge is 2.26. The number of hydrogen-bond donors (Lipinski definition) is 3. The van der Waals surface area contributed by atoms with Crippen LogP contribution >= 0.6 is 0 Å². The molecule has 5 rings (SSSR count). The number of halogens is 1. The lowest BCUT2D eigenvalue weighted by molar-refractivity contribution is -0.153. The summed E-state index contributed by atoms with van der Waals surface area (Å²) in [5.74, 6) is -0.493. The first kappa shape index (κ1) is 31.6. The largest absolute Gasteiger partial charge is 0.464 e. The van der Waals surface area contributed by atoms with Crippen LogP contribution in [-0.4, -0.2) is 81.2 Å². The van der Waals surface area contributed by atoms with Gasteiger partial charge in [-0.15, -0.1) is 0 Å². The number of amides is 1. The molecule has 3 aromatic rings. The van der Waals surface area contributed by atoms with Crippen LogP contribution in [0.15, 0.2) is 30.9 Å². The highest BCUT2D eigenvalue weighted by atomic mass is 19.1. The van der Waals surface area contributed by atoms with E-state index in [2.05, 4.69) is 35.8 Å². The molecule has 2 saturated heterocycles. The molecule has 13 heteroatoms. The summed E-state index contributed by atoms with van der Waals surface area (Å²) in [4.78, 5) is 40.9. The molecule has 0 spiro atoms. The SMILES string of the molecule is C[C@@H](Nc1ncnc2c1ncn2[C@@H]1CCCCO1)C(=O)Nc1ccc(F)cc1NC1CCCN(CCOC(=O)C(C)(C)C)C1. The van der Waals surface area contributed by atoms with Crippen molar-refractivity contribution in [1.29, 1.82) is 0 Å². The Morgan fingerprint density at radius 2 is 1.98 bits per heavy atom. The van der Waals surface area contributed by atoms with E-state index in [9.17, 15) is 14.0 Å². The van der Waals surface area contributed by atoms with Crippen molar-refractivity contribution in [2.45, 2.75) is 78.1 Å². The lowest BCUT2D eigenvalue weighted by atomic mass is 9.97. The van der Waals surface area contributed by atoms with E-state index < -0.39 is 17.3 Å². The van der Waals surface area contributed by atoms with Crippen molar-refractivity contribution in [2.24, 2.45) is 5.41 Å². The van der Waals surface area contributed by atoms with Crippen molar-refractivity contribution in [3.8, 4) is 0 Å². The highest BCUT2D eigenvalue weighted by Crippen LogP contribution is 2.29. The molecule has 1 aromatic carbocycles. The third-order valence-corrected chi connectivity index (χ3v) is 7.93. The van der Waals surface area contributed by atoms with Gasteiger partial charge in [-0.05, 0) is 84.5 Å². The molecule has 2 fully saturated rings. The van der Waals surface area contributed by atoms with Crippen molar-refractivity contribution < 1.29 is 23.5 Å². The fourth-order valence-corrected chi connectivity index (χ4v) is 5.45. The number of hydrogen-bond acceptors (Lipinski definition) is 10. The molecule has 3 N–H and O–H groups in total.